The van der Waals surface area contributed by atoms with Crippen LogP contribution in [0.25, 0.3) is 0 Å². The Balaban J connectivity index is 2.69. The second-order valence-corrected chi connectivity index (χ2v) is 2.58. The van der Waals surface area contributed by atoms with Crippen LogP contribution in [0, 0.1) is 0 Å². The van der Waals surface area contributed by atoms with E-state index >= 15 is 0 Å². The molecule has 0 heterocycles. The van der Waals surface area contributed by atoms with Gasteiger partial charge < -0.3 is 9.47 Å². The Bertz CT molecular complexity index is 61.1. The first-order valence-electron chi connectivity index (χ1n) is 4.13. The highest BCUT2D eigenvalue weighted by Gasteiger charge is 1.88. The summed E-state index contributed by atoms with van der Waals surface area (Å²) in [7, 11) is 0. The monoisotopic (exact) mass is 180 g/mol. The summed E-state index contributed by atoms with van der Waals surface area (Å²) in [5.41, 5.74) is 0. The standard InChI is InChI=1S/C8H17ClO2/c1-2-10-7-8-11-6-4-3-5-9/h2-8H2,1H3. The van der Waals surface area contributed by atoms with Crippen molar-refractivity contribution in [2.24, 2.45) is 0 Å². The molecule has 0 aromatic heterocycles. The zero-order chi connectivity index (χ0) is 8.36. The molecule has 11 heavy (non-hydrogen) atoms. The number of ether oxygens (including phenoxy) is 2. The molecule has 0 aliphatic carbocycles. The average Bonchev–Trinajstić information content (AvgIpc) is 2.03. The molecule has 68 valence electrons. The van der Waals surface area contributed by atoms with Crippen molar-refractivity contribution in [3.63, 3.8) is 0 Å². The van der Waals surface area contributed by atoms with Gasteiger partial charge in [-0.15, -0.1) is 11.6 Å². The predicted molar refractivity (Wildman–Crippen MR) is 47.3 cm³/mol. The average molecular weight is 181 g/mol. The molecule has 0 radical (unpaired) electrons. The lowest BCUT2D eigenvalue weighted by molar-refractivity contribution is 0.0518. The Morgan fingerprint density at radius 3 is 2.36 bits per heavy atom. The van der Waals surface area contributed by atoms with E-state index in [-0.39, 0.29) is 0 Å². The predicted octanol–water partition coefficient (Wildman–Crippen LogP) is 2.06. The summed E-state index contributed by atoms with van der Waals surface area (Å²) in [6, 6.07) is 0. The maximum Gasteiger partial charge on any atom is 0.0700 e. The maximum absolute atomic E-state index is 5.48. The van der Waals surface area contributed by atoms with E-state index in [0.717, 1.165) is 31.9 Å². The highest BCUT2D eigenvalue weighted by molar-refractivity contribution is 6.17. The van der Waals surface area contributed by atoms with Gasteiger partial charge in [-0.05, 0) is 19.8 Å². The lowest BCUT2D eigenvalue weighted by Gasteiger charge is -2.02. The first-order valence-corrected chi connectivity index (χ1v) is 4.66. The number of unbranched alkanes of at least 4 members (excludes halogenated alkanes) is 1. The molecule has 0 N–H and O–H groups in total. The highest BCUT2D eigenvalue weighted by atomic mass is 35.5. The van der Waals surface area contributed by atoms with Crippen molar-refractivity contribution >= 4 is 11.6 Å². The molecule has 0 aromatic carbocycles. The normalized spacial score (nSPS) is 10.4. The van der Waals surface area contributed by atoms with Gasteiger partial charge in [-0.25, -0.2) is 0 Å². The van der Waals surface area contributed by atoms with Crippen LogP contribution in [-0.2, 0) is 9.47 Å². The molecule has 0 aromatic rings. The van der Waals surface area contributed by atoms with Crippen molar-refractivity contribution in [3.05, 3.63) is 0 Å². The molecule has 0 aliphatic rings. The molecule has 0 bridgehead atoms. The van der Waals surface area contributed by atoms with E-state index in [9.17, 15) is 0 Å². The molecule has 0 saturated carbocycles. The largest absolute Gasteiger partial charge is 0.379 e. The molecule has 0 rings (SSSR count). The van der Waals surface area contributed by atoms with Crippen molar-refractivity contribution in [1.29, 1.82) is 0 Å². The van der Waals surface area contributed by atoms with Crippen LogP contribution in [0.1, 0.15) is 19.8 Å². The van der Waals surface area contributed by atoms with Crippen LogP contribution in [0.5, 0.6) is 0 Å². The summed E-state index contributed by atoms with van der Waals surface area (Å²) in [6.07, 6.45) is 2.09. The summed E-state index contributed by atoms with van der Waals surface area (Å²) < 4.78 is 10.3. The van der Waals surface area contributed by atoms with Gasteiger partial charge in [0.05, 0.1) is 13.2 Å². The Morgan fingerprint density at radius 2 is 1.73 bits per heavy atom. The van der Waals surface area contributed by atoms with Crippen molar-refractivity contribution in [3.8, 4) is 0 Å². The third-order valence-corrected chi connectivity index (χ3v) is 1.52. The summed E-state index contributed by atoms with van der Waals surface area (Å²) in [5, 5.41) is 0. The van der Waals surface area contributed by atoms with Crippen LogP contribution >= 0.6 is 11.6 Å². The number of hydrogen-bond acceptors (Lipinski definition) is 2. The van der Waals surface area contributed by atoms with E-state index in [0.29, 0.717) is 13.2 Å². The molecule has 3 heteroatoms. The van der Waals surface area contributed by atoms with E-state index < -0.39 is 0 Å². The van der Waals surface area contributed by atoms with Gasteiger partial charge in [-0.3, -0.25) is 0 Å². The molecule has 0 fully saturated rings. The zero-order valence-electron chi connectivity index (χ0n) is 7.14. The topological polar surface area (TPSA) is 18.5 Å². The van der Waals surface area contributed by atoms with E-state index in [1.165, 1.54) is 0 Å². The lowest BCUT2D eigenvalue weighted by atomic mass is 10.4. The molecule has 0 spiro atoms. The summed E-state index contributed by atoms with van der Waals surface area (Å²) in [6.45, 7) is 4.96. The second kappa shape index (κ2) is 10.2. The van der Waals surface area contributed by atoms with Crippen LogP contribution in [0.15, 0.2) is 0 Å². The number of halogens is 1. The fourth-order valence-electron chi connectivity index (χ4n) is 0.663. The van der Waals surface area contributed by atoms with Gasteiger partial charge in [0, 0.05) is 19.1 Å². The van der Waals surface area contributed by atoms with E-state index in [4.69, 9.17) is 21.1 Å². The Morgan fingerprint density at radius 1 is 1.00 bits per heavy atom. The Kier molecular flexibility index (Phi) is 10.4. The van der Waals surface area contributed by atoms with Gasteiger partial charge in [0.25, 0.3) is 0 Å². The van der Waals surface area contributed by atoms with Crippen LogP contribution in [0.2, 0.25) is 0 Å². The van der Waals surface area contributed by atoms with Gasteiger partial charge in [-0.1, -0.05) is 0 Å². The third-order valence-electron chi connectivity index (χ3n) is 1.25. The Hall–Kier alpha value is 0.210. The highest BCUT2D eigenvalue weighted by Crippen LogP contribution is 1.92. The summed E-state index contributed by atoms with van der Waals surface area (Å²) >= 11 is 5.48. The SMILES string of the molecule is CCOCCOCCCCCl. The fraction of sp³-hybridized carbons (Fsp3) is 1.00. The summed E-state index contributed by atoms with van der Waals surface area (Å²) in [5.74, 6) is 0.731. The van der Waals surface area contributed by atoms with Crippen LogP contribution in [-0.4, -0.2) is 32.3 Å². The minimum Gasteiger partial charge on any atom is -0.379 e. The number of hydrogen-bond donors (Lipinski definition) is 0. The van der Waals surface area contributed by atoms with Crippen LogP contribution in [0.3, 0.4) is 0 Å². The van der Waals surface area contributed by atoms with Crippen molar-refractivity contribution in [2.45, 2.75) is 19.8 Å². The molecular formula is C8H17ClO2. The van der Waals surface area contributed by atoms with E-state index in [2.05, 4.69) is 0 Å². The van der Waals surface area contributed by atoms with Gasteiger partial charge in [0.1, 0.15) is 0 Å². The minimum absolute atomic E-state index is 0.704. The lowest BCUT2D eigenvalue weighted by Crippen LogP contribution is -2.04. The molecular weight excluding hydrogens is 164 g/mol. The van der Waals surface area contributed by atoms with Crippen molar-refractivity contribution < 1.29 is 9.47 Å². The van der Waals surface area contributed by atoms with Crippen LogP contribution < -0.4 is 0 Å². The van der Waals surface area contributed by atoms with Crippen LogP contribution in [0.4, 0.5) is 0 Å². The zero-order valence-corrected chi connectivity index (χ0v) is 7.90. The molecule has 0 amide bonds. The number of rotatable bonds is 8. The quantitative estimate of drug-likeness (QED) is 0.421. The smallest absolute Gasteiger partial charge is 0.0700 e. The summed E-state index contributed by atoms with van der Waals surface area (Å²) in [4.78, 5) is 0. The second-order valence-electron chi connectivity index (χ2n) is 2.21. The van der Waals surface area contributed by atoms with Gasteiger partial charge >= 0.3 is 0 Å². The van der Waals surface area contributed by atoms with Crippen molar-refractivity contribution in [2.75, 3.05) is 32.3 Å². The van der Waals surface area contributed by atoms with E-state index in [1.54, 1.807) is 0 Å². The minimum atomic E-state index is 0.704. The third kappa shape index (κ3) is 10.2. The first kappa shape index (κ1) is 11.2. The van der Waals surface area contributed by atoms with Gasteiger partial charge in [0.15, 0.2) is 0 Å². The molecule has 2 nitrogen and oxygen atoms in total. The maximum atomic E-state index is 5.48. The van der Waals surface area contributed by atoms with Gasteiger partial charge in [-0.2, -0.15) is 0 Å². The van der Waals surface area contributed by atoms with Crippen molar-refractivity contribution in [1.82, 2.24) is 0 Å². The molecule has 0 atom stereocenters. The Labute approximate surface area is 73.8 Å². The first-order chi connectivity index (χ1) is 5.41. The molecule has 0 saturated heterocycles. The fourth-order valence-corrected chi connectivity index (χ4v) is 0.852. The number of alkyl halides is 1. The van der Waals surface area contributed by atoms with E-state index in [1.807, 2.05) is 6.92 Å². The molecule has 0 unspecified atom stereocenters. The molecule has 0 aliphatic heterocycles. The van der Waals surface area contributed by atoms with Gasteiger partial charge in [0.2, 0.25) is 0 Å².